The number of rotatable bonds is 6. The molecule has 28 heavy (non-hydrogen) atoms. The third-order valence-corrected chi connectivity index (χ3v) is 4.37. The van der Waals surface area contributed by atoms with Crippen molar-refractivity contribution in [2.24, 2.45) is 0 Å². The second-order valence-electron chi connectivity index (χ2n) is 6.38. The highest BCUT2D eigenvalue weighted by molar-refractivity contribution is 6.24. The fourth-order valence-corrected chi connectivity index (χ4v) is 2.89. The molecular formula is C23H20N2O3. The Morgan fingerprint density at radius 1 is 0.964 bits per heavy atom. The van der Waals surface area contributed by atoms with Gasteiger partial charge in [-0.1, -0.05) is 72.8 Å². The highest BCUT2D eigenvalue weighted by atomic mass is 16.6. The van der Waals surface area contributed by atoms with Crippen molar-refractivity contribution in [1.29, 1.82) is 0 Å². The Kier molecular flexibility index (Phi) is 5.97. The number of nitro groups is 1. The summed E-state index contributed by atoms with van der Waals surface area (Å²) >= 11 is 0. The quantitative estimate of drug-likeness (QED) is 0.286. The number of benzene rings is 3. The van der Waals surface area contributed by atoms with E-state index in [0.717, 1.165) is 11.1 Å². The van der Waals surface area contributed by atoms with Crippen LogP contribution in [0.15, 0.2) is 84.9 Å². The summed E-state index contributed by atoms with van der Waals surface area (Å²) in [6, 6.07) is 25.0. The zero-order valence-electron chi connectivity index (χ0n) is 15.4. The van der Waals surface area contributed by atoms with Crippen LogP contribution < -0.4 is 5.32 Å². The van der Waals surface area contributed by atoms with Gasteiger partial charge < -0.3 is 5.32 Å². The number of non-ortho nitro benzene ring substituents is 1. The van der Waals surface area contributed by atoms with Crippen molar-refractivity contribution in [2.75, 3.05) is 0 Å². The van der Waals surface area contributed by atoms with Crippen molar-refractivity contribution < 1.29 is 9.72 Å². The lowest BCUT2D eigenvalue weighted by Crippen LogP contribution is -2.27. The van der Waals surface area contributed by atoms with Gasteiger partial charge in [0.2, 0.25) is 0 Å². The fourth-order valence-electron chi connectivity index (χ4n) is 2.89. The monoisotopic (exact) mass is 372 g/mol. The summed E-state index contributed by atoms with van der Waals surface area (Å²) in [5, 5.41) is 14.1. The average molecular weight is 372 g/mol. The van der Waals surface area contributed by atoms with Crippen LogP contribution in [0.2, 0.25) is 0 Å². The molecule has 1 atom stereocenters. The maximum atomic E-state index is 13.0. The highest BCUT2D eigenvalue weighted by Gasteiger charge is 2.16. The maximum absolute atomic E-state index is 13.0. The van der Waals surface area contributed by atoms with Crippen LogP contribution in [0.1, 0.15) is 29.7 Å². The summed E-state index contributed by atoms with van der Waals surface area (Å²) in [7, 11) is 0. The van der Waals surface area contributed by atoms with Crippen molar-refractivity contribution in [3.8, 4) is 0 Å². The molecule has 0 unspecified atom stereocenters. The molecule has 3 rings (SSSR count). The smallest absolute Gasteiger partial charge is 0.270 e. The second kappa shape index (κ2) is 8.77. The third kappa shape index (κ3) is 4.71. The number of amides is 1. The van der Waals surface area contributed by atoms with E-state index < -0.39 is 4.92 Å². The molecule has 0 spiro atoms. The number of hydrogen-bond donors (Lipinski definition) is 1. The van der Waals surface area contributed by atoms with Gasteiger partial charge in [-0.05, 0) is 29.7 Å². The van der Waals surface area contributed by atoms with Crippen molar-refractivity contribution in [2.45, 2.75) is 13.0 Å². The van der Waals surface area contributed by atoms with Gasteiger partial charge in [0, 0.05) is 17.7 Å². The lowest BCUT2D eigenvalue weighted by molar-refractivity contribution is -0.384. The van der Waals surface area contributed by atoms with E-state index in [0.29, 0.717) is 11.1 Å². The number of carbonyl (C=O) groups is 1. The summed E-state index contributed by atoms with van der Waals surface area (Å²) in [4.78, 5) is 23.6. The van der Waals surface area contributed by atoms with Gasteiger partial charge >= 0.3 is 0 Å². The van der Waals surface area contributed by atoms with Crippen LogP contribution in [0.25, 0.3) is 11.6 Å². The zero-order chi connectivity index (χ0) is 19.9. The Bertz CT molecular complexity index is 999. The van der Waals surface area contributed by atoms with Crippen LogP contribution in [0.4, 0.5) is 5.69 Å². The number of nitro benzene ring substituents is 1. The molecule has 0 aliphatic carbocycles. The standard InChI is InChI=1S/C23H20N2O3/c1-17(19-10-4-2-5-11-19)24-23(26)22(20-12-6-3-7-13-20)16-18-9-8-14-21(15-18)25(27)28/h2-17H,1H3,(H,24,26)/b22-16+/t17-/m1/s1. The summed E-state index contributed by atoms with van der Waals surface area (Å²) in [5.74, 6) is -0.242. The molecule has 5 heteroatoms. The minimum Gasteiger partial charge on any atom is -0.345 e. The molecule has 0 radical (unpaired) electrons. The molecule has 1 N–H and O–H groups in total. The van der Waals surface area contributed by atoms with Crippen molar-refractivity contribution in [3.63, 3.8) is 0 Å². The summed E-state index contributed by atoms with van der Waals surface area (Å²) in [6.07, 6.45) is 1.68. The van der Waals surface area contributed by atoms with Crippen LogP contribution in [0.5, 0.6) is 0 Å². The minimum atomic E-state index is -0.447. The summed E-state index contributed by atoms with van der Waals surface area (Å²) in [6.45, 7) is 1.92. The van der Waals surface area contributed by atoms with Crippen molar-refractivity contribution in [1.82, 2.24) is 5.32 Å². The first-order valence-electron chi connectivity index (χ1n) is 8.92. The predicted octanol–water partition coefficient (Wildman–Crippen LogP) is 5.01. The van der Waals surface area contributed by atoms with Crippen molar-refractivity contribution >= 4 is 23.2 Å². The van der Waals surface area contributed by atoms with E-state index in [9.17, 15) is 14.9 Å². The lowest BCUT2D eigenvalue weighted by atomic mass is 10.0. The van der Waals surface area contributed by atoms with Crippen LogP contribution in [-0.2, 0) is 4.79 Å². The number of nitrogens with zero attached hydrogens (tertiary/aromatic N) is 1. The fraction of sp³-hybridized carbons (Fsp3) is 0.0870. The van der Waals surface area contributed by atoms with Crippen LogP contribution in [0, 0.1) is 10.1 Å². The first-order valence-corrected chi connectivity index (χ1v) is 8.92. The molecule has 0 aliphatic rings. The van der Waals surface area contributed by atoms with Crippen LogP contribution >= 0.6 is 0 Å². The molecule has 0 fully saturated rings. The highest BCUT2D eigenvalue weighted by Crippen LogP contribution is 2.22. The Morgan fingerprint density at radius 3 is 2.25 bits per heavy atom. The molecule has 3 aromatic carbocycles. The van der Waals surface area contributed by atoms with Gasteiger partial charge in [-0.15, -0.1) is 0 Å². The van der Waals surface area contributed by atoms with Crippen molar-refractivity contribution in [3.05, 3.63) is 112 Å². The Hall–Kier alpha value is -3.73. The molecule has 0 bridgehead atoms. The lowest BCUT2D eigenvalue weighted by Gasteiger charge is -2.16. The first-order chi connectivity index (χ1) is 13.5. The average Bonchev–Trinajstić information content (AvgIpc) is 2.73. The van der Waals surface area contributed by atoms with E-state index in [2.05, 4.69) is 5.32 Å². The third-order valence-electron chi connectivity index (χ3n) is 4.37. The second-order valence-corrected chi connectivity index (χ2v) is 6.38. The normalized spacial score (nSPS) is 12.2. The van der Waals surface area contributed by atoms with E-state index in [4.69, 9.17) is 0 Å². The molecule has 0 saturated heterocycles. The molecule has 0 aromatic heterocycles. The molecule has 0 heterocycles. The number of nitrogens with one attached hydrogen (secondary N) is 1. The Labute approximate surface area is 163 Å². The number of carbonyl (C=O) groups excluding carboxylic acids is 1. The molecule has 0 saturated carbocycles. The van der Waals surface area contributed by atoms with E-state index in [1.54, 1.807) is 18.2 Å². The van der Waals surface area contributed by atoms with Crippen LogP contribution in [-0.4, -0.2) is 10.8 Å². The molecule has 3 aromatic rings. The van der Waals surface area contributed by atoms with E-state index in [-0.39, 0.29) is 17.6 Å². The predicted molar refractivity (Wildman–Crippen MR) is 110 cm³/mol. The molecule has 140 valence electrons. The van der Waals surface area contributed by atoms with Gasteiger partial charge in [0.15, 0.2) is 0 Å². The van der Waals surface area contributed by atoms with E-state index in [1.807, 2.05) is 67.6 Å². The van der Waals surface area contributed by atoms with Gasteiger partial charge in [0.25, 0.3) is 11.6 Å². The SMILES string of the molecule is C[C@@H](NC(=O)/C(=C/c1cccc([N+](=O)[O-])c1)c1ccccc1)c1ccccc1. The van der Waals surface area contributed by atoms with Gasteiger partial charge in [0.05, 0.1) is 11.0 Å². The Balaban J connectivity index is 1.95. The molecular weight excluding hydrogens is 352 g/mol. The minimum absolute atomic E-state index is 0.0146. The zero-order valence-corrected chi connectivity index (χ0v) is 15.4. The van der Waals surface area contributed by atoms with E-state index in [1.165, 1.54) is 12.1 Å². The first kappa shape index (κ1) is 19.0. The molecule has 1 amide bonds. The van der Waals surface area contributed by atoms with E-state index >= 15 is 0 Å². The maximum Gasteiger partial charge on any atom is 0.270 e. The van der Waals surface area contributed by atoms with Crippen LogP contribution in [0.3, 0.4) is 0 Å². The van der Waals surface area contributed by atoms with Gasteiger partial charge in [-0.25, -0.2) is 0 Å². The van der Waals surface area contributed by atoms with Gasteiger partial charge in [-0.3, -0.25) is 14.9 Å². The summed E-state index contributed by atoms with van der Waals surface area (Å²) in [5.41, 5.74) is 2.77. The van der Waals surface area contributed by atoms with Gasteiger partial charge in [-0.2, -0.15) is 0 Å². The largest absolute Gasteiger partial charge is 0.345 e. The summed E-state index contributed by atoms with van der Waals surface area (Å²) < 4.78 is 0. The molecule has 5 nitrogen and oxygen atoms in total. The Morgan fingerprint density at radius 2 is 1.61 bits per heavy atom. The van der Waals surface area contributed by atoms with Gasteiger partial charge in [0.1, 0.15) is 0 Å². The number of hydrogen-bond acceptors (Lipinski definition) is 3. The molecule has 0 aliphatic heterocycles. The topological polar surface area (TPSA) is 72.2 Å².